The Balaban J connectivity index is 2.42. The monoisotopic (exact) mass is 189 g/mol. The van der Waals surface area contributed by atoms with E-state index in [0.717, 1.165) is 16.7 Å². The molecule has 1 aliphatic rings. The number of rotatable bonds is 2. The molecule has 1 heterocycles. The number of nitrogens with one attached hydrogen (secondary N) is 1. The van der Waals surface area contributed by atoms with Gasteiger partial charge in [0, 0.05) is 6.54 Å². The minimum atomic E-state index is -0.428. The van der Waals surface area contributed by atoms with E-state index in [1.165, 1.54) is 0 Å². The van der Waals surface area contributed by atoms with Gasteiger partial charge in [0.05, 0.1) is 6.04 Å². The van der Waals surface area contributed by atoms with Crippen molar-refractivity contribution in [1.82, 2.24) is 5.32 Å². The molecule has 1 unspecified atom stereocenters. The van der Waals surface area contributed by atoms with Gasteiger partial charge in [-0.1, -0.05) is 23.8 Å². The molecule has 14 heavy (non-hydrogen) atoms. The summed E-state index contributed by atoms with van der Waals surface area (Å²) in [5.74, 6) is -0.394. The van der Waals surface area contributed by atoms with E-state index in [0.29, 0.717) is 12.8 Å². The fourth-order valence-electron chi connectivity index (χ4n) is 1.79. The molecule has 1 aromatic rings. The second kappa shape index (κ2) is 3.35. The summed E-state index contributed by atoms with van der Waals surface area (Å²) >= 11 is 0. The second-order valence-electron chi connectivity index (χ2n) is 3.54. The number of ketones is 1. The van der Waals surface area contributed by atoms with Crippen LogP contribution in [0.25, 0.3) is 0 Å². The maximum Gasteiger partial charge on any atom is 0.216 e. The Bertz CT molecular complexity index is 398. The van der Waals surface area contributed by atoms with Crippen LogP contribution in [0.5, 0.6) is 0 Å². The van der Waals surface area contributed by atoms with E-state index in [4.69, 9.17) is 0 Å². The fraction of sp³-hybridized carbons (Fsp3) is 0.273. The number of aryl methyl sites for hydroxylation is 1. The van der Waals surface area contributed by atoms with Crippen LogP contribution in [0.1, 0.15) is 22.7 Å². The summed E-state index contributed by atoms with van der Waals surface area (Å²) in [4.78, 5) is 21.7. The summed E-state index contributed by atoms with van der Waals surface area (Å²) in [5, 5.41) is 3.02. The number of aldehydes is 1. The zero-order chi connectivity index (χ0) is 10.1. The number of carbonyl (C=O) groups is 2. The van der Waals surface area contributed by atoms with Gasteiger partial charge in [0.2, 0.25) is 5.78 Å². The molecule has 0 fully saturated rings. The molecule has 3 heteroatoms. The van der Waals surface area contributed by atoms with Gasteiger partial charge in [0.25, 0.3) is 0 Å². The Hall–Kier alpha value is -1.48. The predicted molar refractivity (Wildman–Crippen MR) is 51.8 cm³/mol. The van der Waals surface area contributed by atoms with Gasteiger partial charge in [-0.05, 0) is 18.1 Å². The standard InChI is InChI=1S/C11H11NO2/c1-7-2-3-8-5-12-11(9(8)4-7)10(14)6-13/h2-4,6,11-12H,5H2,1H3. The van der Waals surface area contributed by atoms with Crippen molar-refractivity contribution in [3.8, 4) is 0 Å². The smallest absolute Gasteiger partial charge is 0.216 e. The number of Topliss-reactive ketones (excluding diaryl/α,β-unsaturated/α-hetero) is 1. The number of benzene rings is 1. The molecular formula is C11H11NO2. The minimum Gasteiger partial charge on any atom is -0.299 e. The van der Waals surface area contributed by atoms with Crippen molar-refractivity contribution in [3.63, 3.8) is 0 Å². The molecule has 1 aliphatic heterocycles. The predicted octanol–water partition coefficient (Wildman–Crippen LogP) is 0.907. The summed E-state index contributed by atoms with van der Waals surface area (Å²) in [6, 6.07) is 5.54. The molecule has 0 saturated carbocycles. The lowest BCUT2D eigenvalue weighted by Crippen LogP contribution is -2.22. The fourth-order valence-corrected chi connectivity index (χ4v) is 1.79. The van der Waals surface area contributed by atoms with E-state index in [-0.39, 0.29) is 0 Å². The summed E-state index contributed by atoms with van der Waals surface area (Å²) in [6.07, 6.45) is 0.384. The van der Waals surface area contributed by atoms with Crippen molar-refractivity contribution >= 4 is 12.1 Å². The Labute approximate surface area is 82.1 Å². The first-order valence-electron chi connectivity index (χ1n) is 4.54. The van der Waals surface area contributed by atoms with E-state index in [1.54, 1.807) is 0 Å². The van der Waals surface area contributed by atoms with Gasteiger partial charge in [0.15, 0.2) is 6.29 Å². The third-order valence-corrected chi connectivity index (χ3v) is 2.51. The molecule has 0 aliphatic carbocycles. The first-order chi connectivity index (χ1) is 6.72. The van der Waals surface area contributed by atoms with Crippen LogP contribution in [-0.4, -0.2) is 12.1 Å². The molecule has 3 nitrogen and oxygen atoms in total. The van der Waals surface area contributed by atoms with Crippen LogP contribution in [0.3, 0.4) is 0 Å². The van der Waals surface area contributed by atoms with E-state index in [9.17, 15) is 9.59 Å². The minimum absolute atomic E-state index is 0.384. The summed E-state index contributed by atoms with van der Waals surface area (Å²) < 4.78 is 0. The van der Waals surface area contributed by atoms with Gasteiger partial charge in [0.1, 0.15) is 0 Å². The van der Waals surface area contributed by atoms with Crippen molar-refractivity contribution in [2.24, 2.45) is 0 Å². The summed E-state index contributed by atoms with van der Waals surface area (Å²) in [6.45, 7) is 2.64. The SMILES string of the molecule is Cc1ccc2c(c1)C(C(=O)C=O)NC2. The van der Waals surface area contributed by atoms with E-state index in [2.05, 4.69) is 5.32 Å². The Kier molecular flexibility index (Phi) is 2.17. The lowest BCUT2D eigenvalue weighted by Gasteiger charge is -2.06. The van der Waals surface area contributed by atoms with Crippen molar-refractivity contribution in [1.29, 1.82) is 0 Å². The highest BCUT2D eigenvalue weighted by Crippen LogP contribution is 2.26. The van der Waals surface area contributed by atoms with Gasteiger partial charge in [-0.2, -0.15) is 0 Å². The van der Waals surface area contributed by atoms with E-state index >= 15 is 0 Å². The van der Waals surface area contributed by atoms with Gasteiger partial charge < -0.3 is 0 Å². The largest absolute Gasteiger partial charge is 0.299 e. The molecular weight excluding hydrogens is 178 g/mol. The molecule has 1 N–H and O–H groups in total. The van der Waals surface area contributed by atoms with Crippen molar-refractivity contribution in [2.75, 3.05) is 0 Å². The average Bonchev–Trinajstić information content (AvgIpc) is 2.59. The number of carbonyl (C=O) groups excluding carboxylic acids is 2. The molecule has 2 rings (SSSR count). The normalized spacial score (nSPS) is 19.1. The molecule has 0 spiro atoms. The van der Waals surface area contributed by atoms with Gasteiger partial charge >= 0.3 is 0 Å². The van der Waals surface area contributed by atoms with Crippen LogP contribution in [0, 0.1) is 6.92 Å². The zero-order valence-corrected chi connectivity index (χ0v) is 7.91. The molecule has 0 aromatic heterocycles. The Morgan fingerprint density at radius 2 is 2.36 bits per heavy atom. The molecule has 0 radical (unpaired) electrons. The quantitative estimate of drug-likeness (QED) is 0.555. The maximum atomic E-state index is 11.3. The summed E-state index contributed by atoms with van der Waals surface area (Å²) in [5.41, 5.74) is 3.16. The van der Waals surface area contributed by atoms with Crippen LogP contribution in [-0.2, 0) is 16.1 Å². The maximum absolute atomic E-state index is 11.3. The molecule has 0 bridgehead atoms. The molecule has 0 saturated heterocycles. The van der Waals surface area contributed by atoms with Crippen molar-refractivity contribution < 1.29 is 9.59 Å². The van der Waals surface area contributed by atoms with Crippen LogP contribution in [0.15, 0.2) is 18.2 Å². The van der Waals surface area contributed by atoms with Crippen LogP contribution >= 0.6 is 0 Å². The van der Waals surface area contributed by atoms with Crippen molar-refractivity contribution in [2.45, 2.75) is 19.5 Å². The number of hydrogen-bond acceptors (Lipinski definition) is 3. The highest BCUT2D eigenvalue weighted by molar-refractivity contribution is 6.27. The third-order valence-electron chi connectivity index (χ3n) is 2.51. The third kappa shape index (κ3) is 1.36. The Morgan fingerprint density at radius 3 is 3.07 bits per heavy atom. The number of hydrogen-bond donors (Lipinski definition) is 1. The lowest BCUT2D eigenvalue weighted by molar-refractivity contribution is -0.131. The molecule has 1 aromatic carbocycles. The number of fused-ring (bicyclic) bond motifs is 1. The van der Waals surface area contributed by atoms with E-state index < -0.39 is 11.8 Å². The molecule has 1 atom stereocenters. The second-order valence-corrected chi connectivity index (χ2v) is 3.54. The van der Waals surface area contributed by atoms with Crippen LogP contribution in [0.4, 0.5) is 0 Å². The van der Waals surface area contributed by atoms with Crippen molar-refractivity contribution in [3.05, 3.63) is 34.9 Å². The van der Waals surface area contributed by atoms with Gasteiger partial charge in [-0.15, -0.1) is 0 Å². The lowest BCUT2D eigenvalue weighted by atomic mass is 10.0. The summed E-state index contributed by atoms with van der Waals surface area (Å²) in [7, 11) is 0. The first-order valence-corrected chi connectivity index (χ1v) is 4.54. The van der Waals surface area contributed by atoms with E-state index in [1.807, 2.05) is 25.1 Å². The van der Waals surface area contributed by atoms with Gasteiger partial charge in [-0.3, -0.25) is 14.9 Å². The highest BCUT2D eigenvalue weighted by atomic mass is 16.2. The topological polar surface area (TPSA) is 46.2 Å². The average molecular weight is 189 g/mol. The van der Waals surface area contributed by atoms with Crippen LogP contribution in [0.2, 0.25) is 0 Å². The van der Waals surface area contributed by atoms with Crippen LogP contribution < -0.4 is 5.32 Å². The van der Waals surface area contributed by atoms with Gasteiger partial charge in [-0.25, -0.2) is 0 Å². The molecule has 0 amide bonds. The first kappa shape index (κ1) is 9.09. The Morgan fingerprint density at radius 1 is 1.57 bits per heavy atom. The highest BCUT2D eigenvalue weighted by Gasteiger charge is 2.27. The molecule has 72 valence electrons. The zero-order valence-electron chi connectivity index (χ0n) is 7.91.